The smallest absolute Gasteiger partial charge is 0.243 e. The molecule has 0 fully saturated rings. The van der Waals surface area contributed by atoms with Gasteiger partial charge in [-0.3, -0.25) is 4.57 Å². The van der Waals surface area contributed by atoms with Gasteiger partial charge < -0.3 is 9.22 Å². The van der Waals surface area contributed by atoms with Crippen LogP contribution in [0.5, 0.6) is 5.75 Å². The third-order valence-corrected chi connectivity index (χ3v) is 11.5. The quantitative estimate of drug-likeness (QED) is 0.0973. The van der Waals surface area contributed by atoms with Gasteiger partial charge in [-0.15, -0.1) is 0 Å². The number of aromatic nitrogens is 2. The van der Waals surface area contributed by atoms with Crippen LogP contribution in [-0.4, -0.2) is 74.1 Å². The molecule has 4 rings (SSSR count). The monoisotopic (exact) mass is 723 g/mol. The second-order valence-electron chi connectivity index (χ2n) is 13.4. The normalized spacial score (nSPS) is 12.7. The molecular weight excluding hydrogens is 681 g/mol. The number of ether oxygens (including phenoxy) is 1. The Kier molecular flexibility index (Phi) is 11.7. The summed E-state index contributed by atoms with van der Waals surface area (Å²) >= 11 is 7.77. The zero-order valence-corrected chi connectivity index (χ0v) is 30.9. The molecule has 48 heavy (non-hydrogen) atoms. The van der Waals surface area contributed by atoms with Crippen LogP contribution in [0, 0.1) is 17.5 Å². The fourth-order valence-corrected chi connectivity index (χ4v) is 8.57. The first-order valence-corrected chi connectivity index (χ1v) is 18.3. The number of methoxy groups -OCH3 is 1. The van der Waals surface area contributed by atoms with E-state index >= 15 is 4.39 Å². The van der Waals surface area contributed by atoms with Crippen LogP contribution in [0.2, 0.25) is 5.02 Å². The van der Waals surface area contributed by atoms with E-state index in [0.29, 0.717) is 34.0 Å². The number of sulfonamides is 1. The van der Waals surface area contributed by atoms with Crippen LogP contribution >= 0.6 is 23.4 Å². The van der Waals surface area contributed by atoms with Crippen molar-refractivity contribution in [3.05, 3.63) is 100 Å². The minimum Gasteiger partial charge on any atom is -0.494 e. The molecule has 0 spiro atoms. The van der Waals surface area contributed by atoms with Crippen LogP contribution in [0.4, 0.5) is 13.2 Å². The summed E-state index contributed by atoms with van der Waals surface area (Å²) in [7, 11) is 3.49. The van der Waals surface area contributed by atoms with Crippen LogP contribution in [-0.2, 0) is 21.2 Å². The van der Waals surface area contributed by atoms with Crippen molar-refractivity contribution in [2.75, 3.05) is 41.3 Å². The highest BCUT2D eigenvalue weighted by atomic mass is 35.5. The fourth-order valence-electron chi connectivity index (χ4n) is 5.41. The van der Waals surface area contributed by atoms with Gasteiger partial charge in [-0.25, -0.2) is 26.6 Å². The maximum Gasteiger partial charge on any atom is 0.243 e. The number of benzene rings is 3. The SMILES string of the molecule is COc1cc(C(C)(C)c2cnc(SCc3c(F)cc(S(=O)(=O)N(CCC[N+](C)(C)C)C(C)C)cc3Cl)n2-c2ccc(F)cc2)ccc1F. The van der Waals surface area contributed by atoms with Crippen molar-refractivity contribution in [1.29, 1.82) is 0 Å². The highest BCUT2D eigenvalue weighted by molar-refractivity contribution is 7.98. The number of rotatable bonds is 14. The van der Waals surface area contributed by atoms with E-state index in [1.165, 1.54) is 47.4 Å². The number of nitrogens with zero attached hydrogens (tertiary/aromatic N) is 4. The third-order valence-electron chi connectivity index (χ3n) is 8.18. The molecule has 13 heteroatoms. The van der Waals surface area contributed by atoms with Crippen LogP contribution in [0.25, 0.3) is 5.69 Å². The average Bonchev–Trinajstić information content (AvgIpc) is 3.43. The van der Waals surface area contributed by atoms with E-state index in [2.05, 4.69) is 4.98 Å². The number of imidazole rings is 1. The average molecular weight is 724 g/mol. The van der Waals surface area contributed by atoms with Crippen LogP contribution in [0.3, 0.4) is 0 Å². The van der Waals surface area contributed by atoms with Gasteiger partial charge >= 0.3 is 0 Å². The first kappa shape index (κ1) is 37.8. The van der Waals surface area contributed by atoms with Gasteiger partial charge in [0.1, 0.15) is 11.6 Å². The van der Waals surface area contributed by atoms with E-state index in [-0.39, 0.29) is 33.0 Å². The van der Waals surface area contributed by atoms with Crippen molar-refractivity contribution >= 4 is 33.4 Å². The Bertz CT molecular complexity index is 1830. The number of quaternary nitrogens is 1. The van der Waals surface area contributed by atoms with Crippen LogP contribution in [0.15, 0.2) is 70.8 Å². The summed E-state index contributed by atoms with van der Waals surface area (Å²) in [4.78, 5) is 4.44. The minimum absolute atomic E-state index is 0.0185. The van der Waals surface area contributed by atoms with Crippen molar-refractivity contribution in [1.82, 2.24) is 13.9 Å². The van der Waals surface area contributed by atoms with Crippen molar-refractivity contribution in [3.63, 3.8) is 0 Å². The highest BCUT2D eigenvalue weighted by Gasteiger charge is 2.32. The highest BCUT2D eigenvalue weighted by Crippen LogP contribution is 2.39. The van der Waals surface area contributed by atoms with E-state index in [9.17, 15) is 17.2 Å². The van der Waals surface area contributed by atoms with Gasteiger partial charge in [-0.05, 0) is 67.9 Å². The Balaban J connectivity index is 1.68. The van der Waals surface area contributed by atoms with E-state index in [0.717, 1.165) is 18.2 Å². The lowest BCUT2D eigenvalue weighted by atomic mass is 9.81. The van der Waals surface area contributed by atoms with Gasteiger partial charge in [0.15, 0.2) is 16.7 Å². The zero-order chi connectivity index (χ0) is 35.6. The molecule has 260 valence electrons. The summed E-state index contributed by atoms with van der Waals surface area (Å²) < 4.78 is 80.3. The van der Waals surface area contributed by atoms with Gasteiger partial charge in [0.25, 0.3) is 0 Å². The van der Waals surface area contributed by atoms with Crippen LogP contribution < -0.4 is 4.74 Å². The lowest BCUT2D eigenvalue weighted by Gasteiger charge is -2.29. The lowest BCUT2D eigenvalue weighted by molar-refractivity contribution is -0.870. The molecule has 4 aromatic rings. The molecule has 0 radical (unpaired) electrons. The molecule has 0 saturated carbocycles. The largest absolute Gasteiger partial charge is 0.494 e. The van der Waals surface area contributed by atoms with Gasteiger partial charge in [-0.1, -0.05) is 43.3 Å². The van der Waals surface area contributed by atoms with Crippen molar-refractivity contribution < 1.29 is 30.8 Å². The molecule has 0 unspecified atom stereocenters. The molecule has 7 nitrogen and oxygen atoms in total. The third kappa shape index (κ3) is 8.39. The summed E-state index contributed by atoms with van der Waals surface area (Å²) in [6.07, 6.45) is 2.31. The second-order valence-corrected chi connectivity index (χ2v) is 16.7. The molecule has 0 aliphatic carbocycles. The Labute approximate surface area is 291 Å². The first-order valence-electron chi connectivity index (χ1n) is 15.5. The van der Waals surface area contributed by atoms with E-state index in [1.807, 2.05) is 39.6 Å². The molecule has 0 bridgehead atoms. The van der Waals surface area contributed by atoms with E-state index < -0.39 is 32.9 Å². The number of hydrogen-bond acceptors (Lipinski definition) is 5. The Morgan fingerprint density at radius 3 is 2.27 bits per heavy atom. The topological polar surface area (TPSA) is 64.4 Å². The lowest BCUT2D eigenvalue weighted by Crippen LogP contribution is -2.41. The van der Waals surface area contributed by atoms with Gasteiger partial charge in [0, 0.05) is 46.4 Å². The minimum atomic E-state index is -4.02. The van der Waals surface area contributed by atoms with E-state index in [4.69, 9.17) is 16.3 Å². The number of halogens is 4. The molecule has 3 aromatic carbocycles. The summed E-state index contributed by atoms with van der Waals surface area (Å²) in [5.74, 6) is -1.52. The Morgan fingerprint density at radius 1 is 1.02 bits per heavy atom. The molecular formula is C35H43ClF3N4O3S2+. The zero-order valence-electron chi connectivity index (χ0n) is 28.5. The standard InChI is InChI=1S/C35H43ClF3N4O3S2/c1-23(2)41(16-9-17-43(5,6)7)48(44,45)27-19-29(36)28(31(39)20-27)22-47-34-40-21-33(42(34)26-13-11-25(37)12-14-26)35(3,4)24-10-15-30(38)32(18-24)46-8/h10-15,18-21,23H,9,16-17,22H2,1-8H3/q+1. The molecule has 1 aromatic heterocycles. The molecule has 1 heterocycles. The summed E-state index contributed by atoms with van der Waals surface area (Å²) in [6.45, 7) is 8.54. The number of thioether (sulfide) groups is 1. The predicted molar refractivity (Wildman–Crippen MR) is 186 cm³/mol. The van der Waals surface area contributed by atoms with Crippen molar-refractivity contribution in [2.45, 2.75) is 61.4 Å². The Hall–Kier alpha value is -3.03. The van der Waals surface area contributed by atoms with Crippen molar-refractivity contribution in [2.24, 2.45) is 0 Å². The van der Waals surface area contributed by atoms with Gasteiger partial charge in [-0.2, -0.15) is 4.31 Å². The van der Waals surface area contributed by atoms with Gasteiger partial charge in [0.2, 0.25) is 10.0 Å². The first-order chi connectivity index (χ1) is 22.4. The summed E-state index contributed by atoms with van der Waals surface area (Å²) in [6, 6.07) is 12.5. The molecule has 0 amide bonds. The maximum absolute atomic E-state index is 15.7. The Morgan fingerprint density at radius 2 is 1.69 bits per heavy atom. The molecule has 0 N–H and O–H groups in total. The maximum atomic E-state index is 15.7. The predicted octanol–water partition coefficient (Wildman–Crippen LogP) is 8.07. The molecule has 0 saturated heterocycles. The molecule has 0 atom stereocenters. The number of hydrogen-bond donors (Lipinski definition) is 0. The van der Waals surface area contributed by atoms with E-state index in [1.54, 1.807) is 44.3 Å². The summed E-state index contributed by atoms with van der Waals surface area (Å²) in [5, 5.41) is 0.448. The summed E-state index contributed by atoms with van der Waals surface area (Å²) in [5.41, 5.74) is 1.46. The van der Waals surface area contributed by atoms with Crippen LogP contribution in [0.1, 0.15) is 50.9 Å². The van der Waals surface area contributed by atoms with Gasteiger partial charge in [0.05, 0.1) is 51.6 Å². The van der Waals surface area contributed by atoms with Crippen molar-refractivity contribution in [3.8, 4) is 11.4 Å². The molecule has 0 aliphatic rings. The fraction of sp³-hybridized carbons (Fsp3) is 0.400. The second kappa shape index (κ2) is 14.8. The molecule has 0 aliphatic heterocycles.